The Balaban J connectivity index is 1.44. The van der Waals surface area contributed by atoms with Gasteiger partial charge in [0.2, 0.25) is 0 Å². The van der Waals surface area contributed by atoms with E-state index in [0.717, 1.165) is 43.2 Å². The molecule has 4 nitrogen and oxygen atoms in total. The van der Waals surface area contributed by atoms with Gasteiger partial charge in [0.1, 0.15) is 0 Å². The number of thiophene rings is 1. The average molecular weight is 328 g/mol. The normalized spacial score (nSPS) is 15.6. The summed E-state index contributed by atoms with van der Waals surface area (Å²) in [5.74, 6) is 0.308. The third-order valence-corrected chi connectivity index (χ3v) is 5.00. The Kier molecular flexibility index (Phi) is 5.20. The maximum Gasteiger partial charge on any atom is 0.264 e. The SMILES string of the molecule is O=C(CCN1CCN(C(=O)c2cccs2)CC1)c1ccccc1. The quantitative estimate of drug-likeness (QED) is 0.793. The van der Waals surface area contributed by atoms with E-state index in [0.29, 0.717) is 6.42 Å². The molecule has 3 rings (SSSR count). The third kappa shape index (κ3) is 4.06. The Hall–Kier alpha value is -1.98. The van der Waals surface area contributed by atoms with Crippen molar-refractivity contribution < 1.29 is 9.59 Å². The number of hydrogen-bond acceptors (Lipinski definition) is 4. The van der Waals surface area contributed by atoms with Crippen molar-refractivity contribution in [2.75, 3.05) is 32.7 Å². The van der Waals surface area contributed by atoms with E-state index in [9.17, 15) is 9.59 Å². The van der Waals surface area contributed by atoms with Gasteiger partial charge in [-0.3, -0.25) is 14.5 Å². The lowest BCUT2D eigenvalue weighted by molar-refractivity contribution is 0.0633. The summed E-state index contributed by atoms with van der Waals surface area (Å²) in [5, 5.41) is 1.93. The number of hydrogen-bond donors (Lipinski definition) is 0. The molecule has 0 aliphatic carbocycles. The Labute approximate surface area is 140 Å². The molecule has 0 saturated carbocycles. The summed E-state index contributed by atoms with van der Waals surface area (Å²) in [6, 6.07) is 13.2. The van der Waals surface area contributed by atoms with Crippen LogP contribution in [0.15, 0.2) is 47.8 Å². The highest BCUT2D eigenvalue weighted by atomic mass is 32.1. The zero-order valence-electron chi connectivity index (χ0n) is 13.0. The van der Waals surface area contributed by atoms with Gasteiger partial charge in [-0.2, -0.15) is 0 Å². The topological polar surface area (TPSA) is 40.6 Å². The van der Waals surface area contributed by atoms with Crippen LogP contribution in [0.25, 0.3) is 0 Å². The molecule has 5 heteroatoms. The van der Waals surface area contributed by atoms with Gasteiger partial charge in [-0.15, -0.1) is 11.3 Å². The Morgan fingerprint density at radius 3 is 2.35 bits per heavy atom. The van der Waals surface area contributed by atoms with Gasteiger partial charge in [-0.25, -0.2) is 0 Å². The molecule has 0 spiro atoms. The number of Topliss-reactive ketones (excluding diaryl/α,β-unsaturated/α-hetero) is 1. The first-order valence-electron chi connectivity index (χ1n) is 7.87. The highest BCUT2D eigenvalue weighted by Gasteiger charge is 2.22. The molecule has 0 N–H and O–H groups in total. The van der Waals surface area contributed by atoms with Crippen LogP contribution in [-0.4, -0.2) is 54.2 Å². The molecule has 120 valence electrons. The highest BCUT2D eigenvalue weighted by Crippen LogP contribution is 2.14. The second-order valence-corrected chi connectivity index (χ2v) is 6.60. The van der Waals surface area contributed by atoms with Crippen LogP contribution in [0.2, 0.25) is 0 Å². The summed E-state index contributed by atoms with van der Waals surface area (Å²) in [4.78, 5) is 29.4. The van der Waals surface area contributed by atoms with E-state index in [1.165, 1.54) is 11.3 Å². The summed E-state index contributed by atoms with van der Waals surface area (Å²) in [5.41, 5.74) is 0.777. The number of carbonyl (C=O) groups is 2. The van der Waals surface area contributed by atoms with Crippen LogP contribution in [0.1, 0.15) is 26.5 Å². The number of carbonyl (C=O) groups excluding carboxylic acids is 2. The minimum Gasteiger partial charge on any atom is -0.335 e. The van der Waals surface area contributed by atoms with Crippen molar-refractivity contribution in [1.82, 2.24) is 9.80 Å². The standard InChI is InChI=1S/C18H20N2O2S/c21-16(15-5-2-1-3-6-15)8-9-19-10-12-20(13-11-19)18(22)17-7-4-14-23-17/h1-7,14H,8-13H2. The van der Waals surface area contributed by atoms with E-state index in [1.54, 1.807) is 0 Å². The monoisotopic (exact) mass is 328 g/mol. The molecule has 0 atom stereocenters. The fourth-order valence-electron chi connectivity index (χ4n) is 2.76. The average Bonchev–Trinajstić information content (AvgIpc) is 3.15. The van der Waals surface area contributed by atoms with Crippen LogP contribution in [-0.2, 0) is 0 Å². The van der Waals surface area contributed by atoms with Gasteiger partial charge >= 0.3 is 0 Å². The van der Waals surface area contributed by atoms with E-state index < -0.39 is 0 Å². The van der Waals surface area contributed by atoms with Crippen LogP contribution in [0.4, 0.5) is 0 Å². The fraction of sp³-hybridized carbons (Fsp3) is 0.333. The van der Waals surface area contributed by atoms with E-state index >= 15 is 0 Å². The van der Waals surface area contributed by atoms with E-state index in [4.69, 9.17) is 0 Å². The Morgan fingerprint density at radius 2 is 1.70 bits per heavy atom. The van der Waals surface area contributed by atoms with Crippen molar-refractivity contribution in [2.45, 2.75) is 6.42 Å². The zero-order chi connectivity index (χ0) is 16.1. The molecule has 2 aromatic rings. The van der Waals surface area contributed by atoms with Crippen LogP contribution in [0.5, 0.6) is 0 Å². The summed E-state index contributed by atoms with van der Waals surface area (Å²) >= 11 is 1.49. The van der Waals surface area contributed by atoms with Gasteiger partial charge in [-0.1, -0.05) is 36.4 Å². The first-order chi connectivity index (χ1) is 11.2. The minimum absolute atomic E-state index is 0.125. The predicted octanol–water partition coefficient (Wildman–Crippen LogP) is 2.78. The molecule has 1 aromatic heterocycles. The lowest BCUT2D eigenvalue weighted by atomic mass is 10.1. The summed E-state index contributed by atoms with van der Waals surface area (Å²) < 4.78 is 0. The van der Waals surface area contributed by atoms with E-state index in [2.05, 4.69) is 4.90 Å². The third-order valence-electron chi connectivity index (χ3n) is 4.14. The van der Waals surface area contributed by atoms with Gasteiger partial charge in [0, 0.05) is 44.7 Å². The van der Waals surface area contributed by atoms with Crippen molar-refractivity contribution in [2.24, 2.45) is 0 Å². The smallest absolute Gasteiger partial charge is 0.264 e. The van der Waals surface area contributed by atoms with E-state index in [-0.39, 0.29) is 11.7 Å². The fourth-order valence-corrected chi connectivity index (χ4v) is 3.45. The predicted molar refractivity (Wildman–Crippen MR) is 92.1 cm³/mol. The number of piperazine rings is 1. The minimum atomic E-state index is 0.125. The Morgan fingerprint density at radius 1 is 0.957 bits per heavy atom. The van der Waals surface area contributed by atoms with Gasteiger partial charge in [0.25, 0.3) is 5.91 Å². The van der Waals surface area contributed by atoms with Crippen molar-refractivity contribution >= 4 is 23.0 Å². The molecule has 0 bridgehead atoms. The molecule has 2 heterocycles. The number of amides is 1. The summed E-state index contributed by atoms with van der Waals surface area (Å²) in [6.45, 7) is 3.89. The lowest BCUT2D eigenvalue weighted by Gasteiger charge is -2.34. The first kappa shape index (κ1) is 15.9. The molecule has 0 unspecified atom stereocenters. The summed E-state index contributed by atoms with van der Waals surface area (Å²) in [6.07, 6.45) is 0.531. The zero-order valence-corrected chi connectivity index (χ0v) is 13.8. The first-order valence-corrected chi connectivity index (χ1v) is 8.75. The van der Waals surface area contributed by atoms with E-state index in [1.807, 2.05) is 52.7 Å². The van der Waals surface area contributed by atoms with Crippen molar-refractivity contribution in [3.05, 3.63) is 58.3 Å². The van der Waals surface area contributed by atoms with Crippen LogP contribution in [0.3, 0.4) is 0 Å². The van der Waals surface area contributed by atoms with Crippen LogP contribution in [0, 0.1) is 0 Å². The van der Waals surface area contributed by atoms with Gasteiger partial charge in [0.05, 0.1) is 4.88 Å². The van der Waals surface area contributed by atoms with Crippen LogP contribution >= 0.6 is 11.3 Å². The molecule has 1 saturated heterocycles. The van der Waals surface area contributed by atoms with Crippen molar-refractivity contribution in [1.29, 1.82) is 0 Å². The second-order valence-electron chi connectivity index (χ2n) is 5.65. The molecule has 1 fully saturated rings. The number of ketones is 1. The van der Waals surface area contributed by atoms with Gasteiger partial charge in [-0.05, 0) is 11.4 Å². The molecule has 1 amide bonds. The number of rotatable bonds is 5. The summed E-state index contributed by atoms with van der Waals surface area (Å²) in [7, 11) is 0. The maximum absolute atomic E-state index is 12.3. The molecule has 0 radical (unpaired) electrons. The molecular weight excluding hydrogens is 308 g/mol. The molecule has 1 aliphatic rings. The highest BCUT2D eigenvalue weighted by molar-refractivity contribution is 7.12. The number of benzene rings is 1. The molecule has 1 aliphatic heterocycles. The largest absolute Gasteiger partial charge is 0.335 e. The van der Waals surface area contributed by atoms with Gasteiger partial charge in [0.15, 0.2) is 5.78 Å². The molecule has 23 heavy (non-hydrogen) atoms. The molecule has 1 aromatic carbocycles. The van der Waals surface area contributed by atoms with Crippen LogP contribution < -0.4 is 0 Å². The molecular formula is C18H20N2O2S. The van der Waals surface area contributed by atoms with Gasteiger partial charge < -0.3 is 4.90 Å². The maximum atomic E-state index is 12.3. The lowest BCUT2D eigenvalue weighted by Crippen LogP contribution is -2.48. The van der Waals surface area contributed by atoms with Crippen molar-refractivity contribution in [3.63, 3.8) is 0 Å². The second kappa shape index (κ2) is 7.53. The Bertz CT molecular complexity index is 647. The van der Waals surface area contributed by atoms with Crippen molar-refractivity contribution in [3.8, 4) is 0 Å². The number of nitrogens with zero attached hydrogens (tertiary/aromatic N) is 2.